The SMILES string of the molecule is CC(C)(C)/C=C1/CCNC1=O.CC(C)(C)/C=C1/SC(=O)NC1=O.CC(C)(C)c1cc(=O)[nH][nH]1.CC(C)(C)c1cc(=O)[nH]o1.CC(C)(C)c1cc(=O)[nH]s1.CC(C)N1CCCS1(=O)=O.Cn1[nH]c(=O)cc1C(C)(C)C. The molecule has 74 heavy (non-hydrogen) atoms. The van der Waals surface area contributed by atoms with Gasteiger partial charge in [-0.3, -0.25) is 58.1 Å². The maximum atomic E-state index is 11.1. The van der Waals surface area contributed by atoms with E-state index in [4.69, 9.17) is 4.52 Å². The number of carbonyl (C=O) groups excluding carboxylic acids is 3. The van der Waals surface area contributed by atoms with Gasteiger partial charge in [-0.15, -0.1) is 0 Å². The van der Waals surface area contributed by atoms with E-state index in [9.17, 15) is 42.0 Å². The van der Waals surface area contributed by atoms with Gasteiger partial charge >= 0.3 is 0 Å². The van der Waals surface area contributed by atoms with Crippen molar-refractivity contribution >= 4 is 50.4 Å². The minimum absolute atomic E-state index is 0.00919. The summed E-state index contributed by atoms with van der Waals surface area (Å²) in [5.74, 6) is 0.864. The molecule has 3 fully saturated rings. The minimum Gasteiger partial charge on any atom is -0.383 e. The zero-order valence-electron chi connectivity index (χ0n) is 47.8. The molecule has 19 nitrogen and oxygen atoms in total. The molecule has 4 aromatic rings. The Hall–Kier alpha value is -5.19. The third kappa shape index (κ3) is 25.4. The van der Waals surface area contributed by atoms with Crippen LogP contribution in [-0.4, -0.2) is 84.2 Å². The number of thioether (sulfide) groups is 1. The summed E-state index contributed by atoms with van der Waals surface area (Å²) in [7, 11) is -1.00. The number of nitrogens with zero attached hydrogens (tertiary/aromatic N) is 2. The van der Waals surface area contributed by atoms with Crippen molar-refractivity contribution in [3.05, 3.63) is 110 Å². The van der Waals surface area contributed by atoms with Crippen LogP contribution in [0.4, 0.5) is 4.79 Å². The van der Waals surface area contributed by atoms with E-state index in [1.165, 1.54) is 17.6 Å². The number of hydrogen-bond acceptors (Lipinski definition) is 12. The Morgan fingerprint density at radius 1 is 0.662 bits per heavy atom. The van der Waals surface area contributed by atoms with Crippen LogP contribution in [0.5, 0.6) is 0 Å². The number of carbonyl (C=O) groups is 3. The van der Waals surface area contributed by atoms with E-state index >= 15 is 0 Å². The minimum atomic E-state index is -2.85. The molecule has 0 atom stereocenters. The lowest BCUT2D eigenvalue weighted by molar-refractivity contribution is -0.116. The van der Waals surface area contributed by atoms with Crippen LogP contribution >= 0.6 is 23.3 Å². The van der Waals surface area contributed by atoms with Crippen LogP contribution in [0.15, 0.2) is 70.6 Å². The number of sulfonamides is 1. The van der Waals surface area contributed by atoms with Crippen molar-refractivity contribution in [2.45, 2.75) is 179 Å². The highest BCUT2D eigenvalue weighted by molar-refractivity contribution is 8.18. The van der Waals surface area contributed by atoms with Gasteiger partial charge in [-0.05, 0) is 54.7 Å². The maximum absolute atomic E-state index is 11.1. The van der Waals surface area contributed by atoms with Gasteiger partial charge in [0.05, 0.1) is 10.7 Å². The summed E-state index contributed by atoms with van der Waals surface area (Å²) in [6.45, 7) is 42.2. The molecule has 3 saturated heterocycles. The number of hydrogen-bond donors (Lipinski definition) is 7. The monoisotopic (exact) mass is 1090 g/mol. The number of H-pyrrole nitrogens is 5. The van der Waals surface area contributed by atoms with E-state index in [1.54, 1.807) is 33.3 Å². The smallest absolute Gasteiger partial charge is 0.290 e. The first kappa shape index (κ1) is 66.8. The van der Waals surface area contributed by atoms with Gasteiger partial charge in [0, 0.05) is 88.5 Å². The molecule has 0 radical (unpaired) electrons. The van der Waals surface area contributed by atoms with Gasteiger partial charge in [-0.2, -0.15) is 9.46 Å². The molecule has 7 N–H and O–H groups in total. The molecule has 3 aliphatic rings. The largest absolute Gasteiger partial charge is 0.383 e. The molecule has 3 amide bonds. The number of nitrogens with one attached hydrogen (secondary N) is 7. The van der Waals surface area contributed by atoms with Crippen LogP contribution in [0.1, 0.15) is 173 Å². The molecule has 0 saturated carbocycles. The Morgan fingerprint density at radius 2 is 1.24 bits per heavy atom. The number of aryl methyl sites for hydroxylation is 1. The van der Waals surface area contributed by atoms with Crippen molar-refractivity contribution in [1.82, 2.24) is 44.4 Å². The Morgan fingerprint density at radius 3 is 1.49 bits per heavy atom. The Kier molecular flexibility index (Phi) is 24.4. The van der Waals surface area contributed by atoms with Crippen LogP contribution in [0.3, 0.4) is 0 Å². The van der Waals surface area contributed by atoms with Gasteiger partial charge in [-0.25, -0.2) is 8.42 Å². The number of amides is 3. The van der Waals surface area contributed by atoms with E-state index < -0.39 is 10.0 Å². The molecule has 0 bridgehead atoms. The molecule has 0 unspecified atom stereocenters. The van der Waals surface area contributed by atoms with E-state index in [-0.39, 0.29) is 77.8 Å². The standard InChI is InChI=1S/C9H15NO.C8H14N2O.C8H11NO2S.C7H12N2O.C7H11NO2.C7H11NOS.C6H13NO2S/c1-9(2,3)6-7-4-5-10-8(7)11;1-8(2,3)6-5-7(11)9-10(6)4;1-8(2,3)4-5-6(10)9-7(11)12-5;1-7(2,3)5-4-6(10)9-8-5;2*1-7(2,3)5-4-6(9)8-10-5;1-6(2)7-4-3-5-10(7,8)9/h6H,4-5H2,1-3H3,(H,10,11);5H,1-4H3,(H,9,11);4H,1-3H3,(H,9,10,11);4H,1-3H3,(H2,8,9,10);2*4H,1-3H3,(H,8,9);6H,3-5H2,1-2H3/b7-6-;;5-4+;;;;. The molecule has 0 spiro atoms. The first-order chi connectivity index (χ1) is 33.3. The number of imide groups is 1. The summed E-state index contributed by atoms with van der Waals surface area (Å²) in [6, 6.07) is 6.48. The molecule has 22 heteroatoms. The molecule has 7 heterocycles. The van der Waals surface area contributed by atoms with Crippen LogP contribution in [0.2, 0.25) is 0 Å². The number of allylic oxidation sites excluding steroid dienone is 2. The maximum Gasteiger partial charge on any atom is 0.290 e. The van der Waals surface area contributed by atoms with Crippen molar-refractivity contribution in [1.29, 1.82) is 0 Å². The van der Waals surface area contributed by atoms with Crippen LogP contribution in [0, 0.1) is 10.8 Å². The molecular weight excluding hydrogens is 1010 g/mol. The predicted octanol–water partition coefficient (Wildman–Crippen LogP) is 8.82. The van der Waals surface area contributed by atoms with E-state index in [1.807, 2.05) is 83.2 Å². The Bertz CT molecular complexity index is 2720. The summed E-state index contributed by atoms with van der Waals surface area (Å²) in [5.41, 5.74) is 2.79. The molecular formula is C52H87N9O10S3. The van der Waals surface area contributed by atoms with Gasteiger partial charge < -0.3 is 14.9 Å². The number of aromatic nitrogens is 6. The molecule has 0 aromatic carbocycles. The lowest BCUT2D eigenvalue weighted by Gasteiger charge is -2.18. The van der Waals surface area contributed by atoms with Crippen molar-refractivity contribution < 1.29 is 27.3 Å². The first-order valence-corrected chi connectivity index (χ1v) is 27.7. The number of aromatic amines is 5. The van der Waals surface area contributed by atoms with Gasteiger partial charge in [0.25, 0.3) is 33.4 Å². The second-order valence-electron chi connectivity index (χ2n) is 24.5. The van der Waals surface area contributed by atoms with E-state index in [2.05, 4.69) is 104 Å². The van der Waals surface area contributed by atoms with Crippen molar-refractivity contribution in [2.24, 2.45) is 17.9 Å². The fraction of sp³-hybridized carbons (Fsp3) is 0.635. The topological polar surface area (TPSA) is 278 Å². The lowest BCUT2D eigenvalue weighted by atomic mass is 9.92. The molecule has 4 aromatic heterocycles. The van der Waals surface area contributed by atoms with Crippen molar-refractivity contribution in [3.8, 4) is 0 Å². The quantitative estimate of drug-likeness (QED) is 0.0884. The third-order valence-electron chi connectivity index (χ3n) is 10.1. The molecule has 0 aliphatic carbocycles. The van der Waals surface area contributed by atoms with Crippen molar-refractivity contribution in [3.63, 3.8) is 0 Å². The second kappa shape index (κ2) is 27.0. The average molecular weight is 1090 g/mol. The molecule has 3 aliphatic heterocycles. The van der Waals surface area contributed by atoms with E-state index in [0.29, 0.717) is 23.0 Å². The van der Waals surface area contributed by atoms with Crippen LogP contribution < -0.4 is 32.9 Å². The fourth-order valence-corrected chi connectivity index (χ4v) is 9.91. The Labute approximate surface area is 446 Å². The average Bonchev–Trinajstić information content (AvgIpc) is 4.08. The van der Waals surface area contributed by atoms with Gasteiger partial charge in [0.15, 0.2) is 0 Å². The molecule has 418 valence electrons. The summed E-state index contributed by atoms with van der Waals surface area (Å²) in [6.07, 6.45) is 5.53. The Balaban J connectivity index is 0.000000432. The first-order valence-electron chi connectivity index (χ1n) is 24.5. The third-order valence-corrected chi connectivity index (χ3v) is 14.3. The molecule has 7 rings (SSSR count). The van der Waals surface area contributed by atoms with Gasteiger partial charge in [-0.1, -0.05) is 148 Å². The predicted molar refractivity (Wildman–Crippen MR) is 301 cm³/mol. The second-order valence-corrected chi connectivity index (χ2v) is 28.4. The zero-order chi connectivity index (χ0) is 57.6. The summed E-state index contributed by atoms with van der Waals surface area (Å²) in [5, 5.41) is 14.9. The van der Waals surface area contributed by atoms with Crippen LogP contribution in [-0.2, 0) is 48.3 Å². The van der Waals surface area contributed by atoms with Crippen molar-refractivity contribution in [2.75, 3.05) is 18.8 Å². The highest BCUT2D eigenvalue weighted by Gasteiger charge is 2.30. The fourth-order valence-electron chi connectivity index (χ4n) is 6.49. The highest BCUT2D eigenvalue weighted by atomic mass is 32.2. The zero-order valence-corrected chi connectivity index (χ0v) is 50.2. The van der Waals surface area contributed by atoms with E-state index in [0.717, 1.165) is 53.0 Å². The normalized spacial score (nSPS) is 17.0. The van der Waals surface area contributed by atoms with Gasteiger partial charge in [0.2, 0.25) is 15.9 Å². The summed E-state index contributed by atoms with van der Waals surface area (Å²) < 4.78 is 33.1. The van der Waals surface area contributed by atoms with Gasteiger partial charge in [0.1, 0.15) is 5.76 Å². The highest BCUT2D eigenvalue weighted by Crippen LogP contribution is 2.29. The summed E-state index contributed by atoms with van der Waals surface area (Å²) >= 11 is 2.38. The summed E-state index contributed by atoms with van der Waals surface area (Å²) in [4.78, 5) is 77.3. The number of rotatable bonds is 1. The van der Waals surface area contributed by atoms with Crippen LogP contribution in [0.25, 0.3) is 0 Å². The lowest BCUT2D eigenvalue weighted by Crippen LogP contribution is -2.32.